The Hall–Kier alpha value is -3.70. The van der Waals surface area contributed by atoms with Gasteiger partial charge in [-0.15, -0.1) is 0 Å². The number of amides is 1. The molecular formula is C26H25N3O2. The maximum atomic E-state index is 12.5. The predicted octanol–water partition coefficient (Wildman–Crippen LogP) is 4.83. The van der Waals surface area contributed by atoms with Crippen LogP contribution in [0.5, 0.6) is 0 Å². The van der Waals surface area contributed by atoms with Crippen LogP contribution in [0.1, 0.15) is 32.7 Å². The molecule has 5 nitrogen and oxygen atoms in total. The lowest BCUT2D eigenvalue weighted by atomic mass is 10.1. The Morgan fingerprint density at radius 1 is 0.839 bits per heavy atom. The van der Waals surface area contributed by atoms with Crippen molar-refractivity contribution < 1.29 is 9.53 Å². The van der Waals surface area contributed by atoms with Gasteiger partial charge in [-0.25, -0.2) is 4.68 Å². The van der Waals surface area contributed by atoms with Crippen LogP contribution in [-0.4, -0.2) is 15.7 Å². The van der Waals surface area contributed by atoms with Gasteiger partial charge in [0.2, 0.25) is 0 Å². The van der Waals surface area contributed by atoms with Crippen LogP contribution in [0, 0.1) is 6.92 Å². The molecule has 0 saturated heterocycles. The molecule has 1 amide bonds. The summed E-state index contributed by atoms with van der Waals surface area (Å²) in [6.07, 6.45) is 1.76. The third-order valence-corrected chi connectivity index (χ3v) is 5.06. The Balaban J connectivity index is 1.26. The van der Waals surface area contributed by atoms with E-state index < -0.39 is 0 Å². The fourth-order valence-corrected chi connectivity index (χ4v) is 3.29. The van der Waals surface area contributed by atoms with E-state index in [1.54, 1.807) is 6.20 Å². The highest BCUT2D eigenvalue weighted by Crippen LogP contribution is 2.12. The molecule has 4 rings (SSSR count). The van der Waals surface area contributed by atoms with Gasteiger partial charge >= 0.3 is 0 Å². The minimum absolute atomic E-state index is 0.0981. The summed E-state index contributed by atoms with van der Waals surface area (Å²) in [5, 5.41) is 7.26. The first-order valence-electron chi connectivity index (χ1n) is 10.3. The predicted molar refractivity (Wildman–Crippen MR) is 121 cm³/mol. The molecule has 0 bridgehead atoms. The van der Waals surface area contributed by atoms with E-state index in [0.717, 1.165) is 28.1 Å². The number of hydrogen-bond acceptors (Lipinski definition) is 3. The Kier molecular flexibility index (Phi) is 6.55. The number of aryl methyl sites for hydroxylation is 1. The molecule has 31 heavy (non-hydrogen) atoms. The topological polar surface area (TPSA) is 56.2 Å². The van der Waals surface area contributed by atoms with Crippen molar-refractivity contribution in [3.63, 3.8) is 0 Å². The fourth-order valence-electron chi connectivity index (χ4n) is 3.29. The van der Waals surface area contributed by atoms with E-state index in [4.69, 9.17) is 4.74 Å². The zero-order chi connectivity index (χ0) is 21.5. The lowest BCUT2D eigenvalue weighted by Crippen LogP contribution is -2.22. The van der Waals surface area contributed by atoms with E-state index in [2.05, 4.69) is 22.5 Å². The third kappa shape index (κ3) is 5.47. The fraction of sp³-hybridized carbons (Fsp3) is 0.154. The largest absolute Gasteiger partial charge is 0.372 e. The standard InChI is InChI=1S/C26H25N3O2/c1-20-15-16-28-29(20)25-13-11-24(12-14-25)26(30)27-17-21-7-9-23(10-8-21)19-31-18-22-5-3-2-4-6-22/h2-16H,17-19H2,1H3,(H,27,30). The Labute approximate surface area is 182 Å². The summed E-state index contributed by atoms with van der Waals surface area (Å²) in [7, 11) is 0. The minimum atomic E-state index is -0.0981. The average Bonchev–Trinajstić information content (AvgIpc) is 3.25. The molecule has 0 aliphatic carbocycles. The second-order valence-corrected chi connectivity index (χ2v) is 7.41. The summed E-state index contributed by atoms with van der Waals surface area (Å²) >= 11 is 0. The van der Waals surface area contributed by atoms with Crippen LogP contribution >= 0.6 is 0 Å². The van der Waals surface area contributed by atoms with Crippen molar-refractivity contribution >= 4 is 5.91 Å². The van der Waals surface area contributed by atoms with E-state index in [1.165, 1.54) is 0 Å². The second-order valence-electron chi connectivity index (χ2n) is 7.41. The normalized spacial score (nSPS) is 10.7. The van der Waals surface area contributed by atoms with Crippen LogP contribution in [0.4, 0.5) is 0 Å². The zero-order valence-corrected chi connectivity index (χ0v) is 17.5. The van der Waals surface area contributed by atoms with E-state index in [-0.39, 0.29) is 5.91 Å². The highest BCUT2D eigenvalue weighted by molar-refractivity contribution is 5.94. The molecule has 4 aromatic rings. The molecule has 5 heteroatoms. The van der Waals surface area contributed by atoms with E-state index in [0.29, 0.717) is 25.3 Å². The van der Waals surface area contributed by atoms with Crippen LogP contribution in [-0.2, 0) is 24.5 Å². The quantitative estimate of drug-likeness (QED) is 0.452. The van der Waals surface area contributed by atoms with Crippen molar-refractivity contribution in [2.45, 2.75) is 26.7 Å². The monoisotopic (exact) mass is 411 g/mol. The maximum Gasteiger partial charge on any atom is 0.251 e. The number of nitrogens with zero attached hydrogens (tertiary/aromatic N) is 2. The molecule has 156 valence electrons. The molecule has 0 saturated carbocycles. The van der Waals surface area contributed by atoms with E-state index in [9.17, 15) is 4.79 Å². The van der Waals surface area contributed by atoms with Gasteiger partial charge in [-0.05, 0) is 53.9 Å². The number of aromatic nitrogens is 2. The lowest BCUT2D eigenvalue weighted by molar-refractivity contribution is 0.0951. The highest BCUT2D eigenvalue weighted by Gasteiger charge is 2.07. The molecule has 3 aromatic carbocycles. The Bertz CT molecular complexity index is 1120. The average molecular weight is 412 g/mol. The van der Waals surface area contributed by atoms with Crippen molar-refractivity contribution in [2.24, 2.45) is 0 Å². The number of hydrogen-bond donors (Lipinski definition) is 1. The molecule has 0 radical (unpaired) electrons. The summed E-state index contributed by atoms with van der Waals surface area (Å²) in [4.78, 5) is 12.5. The van der Waals surface area contributed by atoms with Gasteiger partial charge in [-0.3, -0.25) is 4.79 Å². The van der Waals surface area contributed by atoms with Gasteiger partial charge in [0.25, 0.3) is 5.91 Å². The van der Waals surface area contributed by atoms with Crippen molar-refractivity contribution in [3.8, 4) is 5.69 Å². The molecule has 0 aliphatic heterocycles. The summed E-state index contributed by atoms with van der Waals surface area (Å²) in [5.41, 5.74) is 5.92. The van der Waals surface area contributed by atoms with Crippen LogP contribution in [0.15, 0.2) is 91.1 Å². The smallest absolute Gasteiger partial charge is 0.251 e. The van der Waals surface area contributed by atoms with E-state index >= 15 is 0 Å². The SMILES string of the molecule is Cc1ccnn1-c1ccc(C(=O)NCc2ccc(COCc3ccccc3)cc2)cc1. The number of rotatable bonds is 8. The third-order valence-electron chi connectivity index (χ3n) is 5.06. The molecule has 0 aliphatic rings. The second kappa shape index (κ2) is 9.87. The molecule has 1 N–H and O–H groups in total. The van der Waals surface area contributed by atoms with Crippen LogP contribution in [0.3, 0.4) is 0 Å². The maximum absolute atomic E-state index is 12.5. The van der Waals surface area contributed by atoms with Crippen molar-refractivity contribution in [1.82, 2.24) is 15.1 Å². The highest BCUT2D eigenvalue weighted by atomic mass is 16.5. The zero-order valence-electron chi connectivity index (χ0n) is 17.5. The Morgan fingerprint density at radius 2 is 1.48 bits per heavy atom. The molecule has 1 aromatic heterocycles. The number of carbonyl (C=O) groups excluding carboxylic acids is 1. The minimum Gasteiger partial charge on any atom is -0.372 e. The van der Waals surface area contributed by atoms with Gasteiger partial charge in [0, 0.05) is 24.0 Å². The van der Waals surface area contributed by atoms with Gasteiger partial charge in [-0.1, -0.05) is 54.6 Å². The molecule has 0 spiro atoms. The van der Waals surface area contributed by atoms with Crippen LogP contribution in [0.25, 0.3) is 5.69 Å². The van der Waals surface area contributed by atoms with Gasteiger partial charge in [0.15, 0.2) is 0 Å². The lowest BCUT2D eigenvalue weighted by Gasteiger charge is -2.09. The summed E-state index contributed by atoms with van der Waals surface area (Å²) < 4.78 is 7.61. The van der Waals surface area contributed by atoms with Gasteiger partial charge in [-0.2, -0.15) is 5.10 Å². The van der Waals surface area contributed by atoms with Crippen molar-refractivity contribution in [3.05, 3.63) is 119 Å². The van der Waals surface area contributed by atoms with Crippen molar-refractivity contribution in [1.29, 1.82) is 0 Å². The van der Waals surface area contributed by atoms with Crippen molar-refractivity contribution in [2.75, 3.05) is 0 Å². The summed E-state index contributed by atoms with van der Waals surface area (Å²) in [6.45, 7) is 3.62. The first-order chi connectivity index (χ1) is 15.2. The first kappa shape index (κ1) is 20.6. The Morgan fingerprint density at radius 3 is 2.13 bits per heavy atom. The molecule has 0 fully saturated rings. The van der Waals surface area contributed by atoms with Gasteiger partial charge in [0.1, 0.15) is 0 Å². The summed E-state index contributed by atoms with van der Waals surface area (Å²) in [6, 6.07) is 27.6. The molecular weight excluding hydrogens is 386 g/mol. The van der Waals surface area contributed by atoms with Gasteiger partial charge < -0.3 is 10.1 Å². The number of ether oxygens (including phenoxy) is 1. The van der Waals surface area contributed by atoms with Gasteiger partial charge in [0.05, 0.1) is 18.9 Å². The van der Waals surface area contributed by atoms with Crippen LogP contribution in [0.2, 0.25) is 0 Å². The molecule has 1 heterocycles. The number of benzene rings is 3. The first-order valence-corrected chi connectivity index (χ1v) is 10.3. The molecule has 0 unspecified atom stereocenters. The number of carbonyl (C=O) groups is 1. The molecule has 0 atom stereocenters. The van der Waals surface area contributed by atoms with E-state index in [1.807, 2.05) is 84.4 Å². The van der Waals surface area contributed by atoms with Crippen LogP contribution < -0.4 is 5.32 Å². The summed E-state index contributed by atoms with van der Waals surface area (Å²) in [5.74, 6) is -0.0981. The number of nitrogens with one attached hydrogen (secondary N) is 1.